The van der Waals surface area contributed by atoms with E-state index in [-0.39, 0.29) is 23.9 Å². The Hall–Kier alpha value is -2.19. The summed E-state index contributed by atoms with van der Waals surface area (Å²) in [6.07, 6.45) is 2.74. The molecule has 7 nitrogen and oxygen atoms in total. The molecule has 0 aromatic carbocycles. The molecule has 0 saturated carbocycles. The Morgan fingerprint density at radius 3 is 3.00 bits per heavy atom. The second-order valence-corrected chi connectivity index (χ2v) is 7.34. The lowest BCUT2D eigenvalue weighted by Crippen LogP contribution is -2.42. The van der Waals surface area contributed by atoms with Crippen LogP contribution < -0.4 is 10.6 Å². The van der Waals surface area contributed by atoms with Crippen molar-refractivity contribution in [3.05, 3.63) is 28.6 Å². The van der Waals surface area contributed by atoms with Gasteiger partial charge in [0.2, 0.25) is 5.91 Å². The van der Waals surface area contributed by atoms with Gasteiger partial charge in [-0.25, -0.2) is 0 Å². The van der Waals surface area contributed by atoms with E-state index in [9.17, 15) is 9.59 Å². The summed E-state index contributed by atoms with van der Waals surface area (Å²) in [6, 6.07) is 3.51. The molecule has 3 N–H and O–H groups in total. The highest BCUT2D eigenvalue weighted by Crippen LogP contribution is 2.22. The predicted octanol–water partition coefficient (Wildman–Crippen LogP) is 1.86. The molecule has 2 amide bonds. The van der Waals surface area contributed by atoms with Crippen LogP contribution in [0.25, 0.3) is 11.3 Å². The third-order valence-electron chi connectivity index (χ3n) is 4.73. The molecule has 2 aromatic heterocycles. The monoisotopic (exact) mass is 375 g/mol. The summed E-state index contributed by atoms with van der Waals surface area (Å²) < 4.78 is 0. The van der Waals surface area contributed by atoms with E-state index in [1.807, 2.05) is 16.8 Å². The molecule has 2 aromatic rings. The highest BCUT2D eigenvalue weighted by Gasteiger charge is 2.36. The number of hydrogen-bond donors (Lipinski definition) is 3. The number of amides is 2. The fraction of sp³-hybridized carbons (Fsp3) is 0.500. The number of aromatic amines is 1. The van der Waals surface area contributed by atoms with Crippen molar-refractivity contribution < 1.29 is 9.59 Å². The zero-order chi connectivity index (χ0) is 18.5. The van der Waals surface area contributed by atoms with Gasteiger partial charge in [0.05, 0.1) is 11.7 Å². The first kappa shape index (κ1) is 18.6. The van der Waals surface area contributed by atoms with Crippen molar-refractivity contribution in [2.75, 3.05) is 20.1 Å². The molecule has 1 aliphatic rings. The molecule has 0 unspecified atom stereocenters. The van der Waals surface area contributed by atoms with Gasteiger partial charge in [-0.3, -0.25) is 19.6 Å². The normalized spacial score (nSPS) is 20.2. The third kappa shape index (κ3) is 4.13. The van der Waals surface area contributed by atoms with E-state index in [0.717, 1.165) is 30.6 Å². The van der Waals surface area contributed by atoms with Crippen molar-refractivity contribution in [3.63, 3.8) is 0 Å². The Kier molecular flexibility index (Phi) is 6.05. The van der Waals surface area contributed by atoms with Gasteiger partial charge in [-0.2, -0.15) is 16.4 Å². The summed E-state index contributed by atoms with van der Waals surface area (Å²) in [5, 5.41) is 16.8. The maximum absolute atomic E-state index is 12.6. The highest BCUT2D eigenvalue weighted by molar-refractivity contribution is 7.08. The zero-order valence-corrected chi connectivity index (χ0v) is 15.9. The first-order valence-electron chi connectivity index (χ1n) is 8.96. The maximum Gasteiger partial charge on any atom is 0.269 e. The minimum absolute atomic E-state index is 0.0131. The smallest absolute Gasteiger partial charge is 0.269 e. The average Bonchev–Trinajstić information content (AvgIpc) is 3.38. The molecule has 8 heteroatoms. The van der Waals surface area contributed by atoms with Gasteiger partial charge in [0, 0.05) is 30.6 Å². The Bertz CT molecular complexity index is 743. The SMILES string of the molecule is CCCCN1C[C@H](NC(=O)c2cc(-c3ccsc3)n[nH]2)C[C@H]1C(=O)NC. The number of thiophene rings is 1. The van der Waals surface area contributed by atoms with Gasteiger partial charge in [-0.05, 0) is 36.9 Å². The quantitative estimate of drug-likeness (QED) is 0.689. The van der Waals surface area contributed by atoms with Crippen molar-refractivity contribution in [1.29, 1.82) is 0 Å². The highest BCUT2D eigenvalue weighted by atomic mass is 32.1. The Morgan fingerprint density at radius 2 is 2.31 bits per heavy atom. The van der Waals surface area contributed by atoms with E-state index in [0.29, 0.717) is 18.7 Å². The Labute approximate surface area is 157 Å². The molecule has 0 radical (unpaired) electrons. The lowest BCUT2D eigenvalue weighted by Gasteiger charge is -2.22. The van der Waals surface area contributed by atoms with Crippen molar-refractivity contribution >= 4 is 23.2 Å². The van der Waals surface area contributed by atoms with Gasteiger partial charge in [-0.1, -0.05) is 13.3 Å². The van der Waals surface area contributed by atoms with Gasteiger partial charge >= 0.3 is 0 Å². The second-order valence-electron chi connectivity index (χ2n) is 6.56. The molecule has 140 valence electrons. The van der Waals surface area contributed by atoms with Crippen LogP contribution >= 0.6 is 11.3 Å². The summed E-state index contributed by atoms with van der Waals surface area (Å²) >= 11 is 1.59. The number of carbonyl (C=O) groups excluding carboxylic acids is 2. The van der Waals surface area contributed by atoms with Crippen molar-refractivity contribution in [1.82, 2.24) is 25.7 Å². The van der Waals surface area contributed by atoms with Crippen LogP contribution in [0, 0.1) is 0 Å². The number of hydrogen-bond acceptors (Lipinski definition) is 5. The molecule has 0 bridgehead atoms. The van der Waals surface area contributed by atoms with Crippen LogP contribution in [0.4, 0.5) is 0 Å². The first-order chi connectivity index (χ1) is 12.6. The summed E-state index contributed by atoms with van der Waals surface area (Å²) in [5.74, 6) is -0.170. The van der Waals surface area contributed by atoms with E-state index in [4.69, 9.17) is 0 Å². The van der Waals surface area contributed by atoms with E-state index >= 15 is 0 Å². The zero-order valence-electron chi connectivity index (χ0n) is 15.1. The van der Waals surface area contributed by atoms with E-state index in [1.165, 1.54) is 0 Å². The predicted molar refractivity (Wildman–Crippen MR) is 102 cm³/mol. The fourth-order valence-corrected chi connectivity index (χ4v) is 3.96. The number of nitrogens with one attached hydrogen (secondary N) is 3. The lowest BCUT2D eigenvalue weighted by molar-refractivity contribution is -0.125. The van der Waals surface area contributed by atoms with Crippen LogP contribution in [0.1, 0.15) is 36.7 Å². The minimum atomic E-state index is -0.183. The number of likely N-dealkylation sites (N-methyl/N-ethyl adjacent to an activating group) is 1. The van der Waals surface area contributed by atoms with Gasteiger partial charge in [-0.15, -0.1) is 0 Å². The largest absolute Gasteiger partial charge is 0.358 e. The van der Waals surface area contributed by atoms with Crippen molar-refractivity contribution in [2.24, 2.45) is 0 Å². The van der Waals surface area contributed by atoms with Crippen LogP contribution in [0.2, 0.25) is 0 Å². The van der Waals surface area contributed by atoms with Crippen LogP contribution in [0.3, 0.4) is 0 Å². The molecule has 1 fully saturated rings. The molecule has 2 atom stereocenters. The van der Waals surface area contributed by atoms with Crippen molar-refractivity contribution in [3.8, 4) is 11.3 Å². The molecule has 1 saturated heterocycles. The van der Waals surface area contributed by atoms with E-state index in [2.05, 4.69) is 32.7 Å². The Morgan fingerprint density at radius 1 is 1.46 bits per heavy atom. The first-order valence-corrected chi connectivity index (χ1v) is 9.91. The molecule has 3 rings (SSSR count). The van der Waals surface area contributed by atoms with Gasteiger partial charge < -0.3 is 10.6 Å². The topological polar surface area (TPSA) is 90.1 Å². The molecule has 0 aliphatic carbocycles. The van der Waals surface area contributed by atoms with E-state index in [1.54, 1.807) is 24.5 Å². The fourth-order valence-electron chi connectivity index (χ4n) is 3.32. The van der Waals surface area contributed by atoms with E-state index < -0.39 is 0 Å². The number of nitrogens with zero attached hydrogens (tertiary/aromatic N) is 2. The van der Waals surface area contributed by atoms with Gasteiger partial charge in [0.25, 0.3) is 5.91 Å². The second kappa shape index (κ2) is 8.46. The molecule has 26 heavy (non-hydrogen) atoms. The number of likely N-dealkylation sites (tertiary alicyclic amines) is 1. The number of carbonyl (C=O) groups is 2. The lowest BCUT2D eigenvalue weighted by atomic mass is 10.1. The molecule has 1 aliphatic heterocycles. The number of rotatable bonds is 7. The third-order valence-corrected chi connectivity index (χ3v) is 5.41. The van der Waals surface area contributed by atoms with Gasteiger partial charge in [0.1, 0.15) is 5.69 Å². The number of H-pyrrole nitrogens is 1. The number of unbranched alkanes of at least 4 members (excludes halogenated alkanes) is 1. The maximum atomic E-state index is 12.6. The molecule has 3 heterocycles. The molecular formula is C18H25N5O2S. The number of aromatic nitrogens is 2. The Balaban J connectivity index is 1.63. The van der Waals surface area contributed by atoms with Crippen LogP contribution in [0.5, 0.6) is 0 Å². The summed E-state index contributed by atoms with van der Waals surface area (Å²) in [4.78, 5) is 26.9. The van der Waals surface area contributed by atoms with Crippen LogP contribution in [-0.2, 0) is 4.79 Å². The minimum Gasteiger partial charge on any atom is -0.358 e. The average molecular weight is 375 g/mol. The summed E-state index contributed by atoms with van der Waals surface area (Å²) in [7, 11) is 1.66. The van der Waals surface area contributed by atoms with Crippen molar-refractivity contribution in [2.45, 2.75) is 38.3 Å². The molecule has 0 spiro atoms. The summed E-state index contributed by atoms with van der Waals surface area (Å²) in [5.41, 5.74) is 2.20. The standard InChI is InChI=1S/C18H25N5O2S/c1-3-4-6-23-10-13(8-16(23)18(25)19-2)20-17(24)15-9-14(21-22-15)12-5-7-26-11-12/h5,7,9,11,13,16H,3-4,6,8,10H2,1-2H3,(H,19,25)(H,20,24)(H,21,22)/t13-,16+/m1/s1. The van der Waals surface area contributed by atoms with Crippen LogP contribution in [-0.4, -0.2) is 59.1 Å². The summed E-state index contributed by atoms with van der Waals surface area (Å²) in [6.45, 7) is 3.69. The van der Waals surface area contributed by atoms with Gasteiger partial charge in [0.15, 0.2) is 0 Å². The molecular weight excluding hydrogens is 350 g/mol. The van der Waals surface area contributed by atoms with Crippen LogP contribution in [0.15, 0.2) is 22.9 Å².